The van der Waals surface area contributed by atoms with E-state index in [1.54, 1.807) is 6.07 Å². The molecule has 4 rings (SSSR count). The van der Waals surface area contributed by atoms with Crippen LogP contribution >= 0.6 is 11.6 Å². The summed E-state index contributed by atoms with van der Waals surface area (Å²) in [6, 6.07) is 13.3. The lowest BCUT2D eigenvalue weighted by Gasteiger charge is -2.42. The summed E-state index contributed by atoms with van der Waals surface area (Å²) in [4.78, 5) is 0. The molecule has 0 aliphatic heterocycles. The molecule has 2 aromatic carbocycles. The normalized spacial score (nSPS) is 28.6. The first-order chi connectivity index (χ1) is 12.6. The zero-order chi connectivity index (χ0) is 18.1. The first kappa shape index (κ1) is 18.0. The van der Waals surface area contributed by atoms with E-state index in [9.17, 15) is 4.39 Å². The van der Waals surface area contributed by atoms with Crippen molar-refractivity contribution >= 4 is 11.6 Å². The van der Waals surface area contributed by atoms with Crippen LogP contribution in [0.15, 0.2) is 42.5 Å². The van der Waals surface area contributed by atoms with E-state index in [2.05, 4.69) is 13.0 Å². The van der Waals surface area contributed by atoms with Gasteiger partial charge in [0.1, 0.15) is 5.82 Å². The minimum Gasteiger partial charge on any atom is -0.206 e. The fourth-order valence-corrected chi connectivity index (χ4v) is 5.43. The molecular formula is C24H28ClF. The van der Waals surface area contributed by atoms with E-state index in [0.29, 0.717) is 16.5 Å². The minimum absolute atomic E-state index is 0.110. The molecule has 2 aliphatic rings. The average molecular weight is 371 g/mol. The van der Waals surface area contributed by atoms with Gasteiger partial charge < -0.3 is 0 Å². The standard InChI is InChI=1S/C24H28ClF/c1-2-16-3-4-19-14-20(6-5-18(19)13-16)21-9-12-23(24(26)15-21)17-7-10-22(25)11-8-17/h7-12,15-16,18-20H,2-6,13-14H2,1H3/t16?,18-,19-,20-/m1/s1. The van der Waals surface area contributed by atoms with E-state index in [0.717, 1.165) is 23.3 Å². The van der Waals surface area contributed by atoms with Crippen LogP contribution in [0.25, 0.3) is 11.1 Å². The first-order valence-electron chi connectivity index (χ1n) is 10.2. The molecule has 1 unspecified atom stereocenters. The predicted octanol–water partition coefficient (Wildman–Crippen LogP) is 7.86. The van der Waals surface area contributed by atoms with Gasteiger partial charge in [0.2, 0.25) is 0 Å². The Morgan fingerprint density at radius 2 is 1.65 bits per heavy atom. The third kappa shape index (κ3) is 3.69. The smallest absolute Gasteiger partial charge is 0.131 e. The van der Waals surface area contributed by atoms with Gasteiger partial charge in [-0.05, 0) is 85.1 Å². The van der Waals surface area contributed by atoms with Gasteiger partial charge in [0.25, 0.3) is 0 Å². The van der Waals surface area contributed by atoms with Crippen LogP contribution in [0.1, 0.15) is 63.4 Å². The fourth-order valence-electron chi connectivity index (χ4n) is 5.31. The highest BCUT2D eigenvalue weighted by molar-refractivity contribution is 6.30. The van der Waals surface area contributed by atoms with E-state index >= 15 is 0 Å². The molecule has 26 heavy (non-hydrogen) atoms. The van der Waals surface area contributed by atoms with Crippen LogP contribution < -0.4 is 0 Å². The van der Waals surface area contributed by atoms with Crippen LogP contribution in [0.3, 0.4) is 0 Å². The van der Waals surface area contributed by atoms with Gasteiger partial charge in [0.05, 0.1) is 0 Å². The summed E-state index contributed by atoms with van der Waals surface area (Å²) in [5, 5.41) is 0.681. The van der Waals surface area contributed by atoms with Crippen molar-refractivity contribution in [3.05, 3.63) is 58.9 Å². The first-order valence-corrected chi connectivity index (χ1v) is 10.6. The van der Waals surface area contributed by atoms with Crippen LogP contribution in [-0.2, 0) is 0 Å². The topological polar surface area (TPSA) is 0 Å². The monoisotopic (exact) mass is 370 g/mol. The van der Waals surface area contributed by atoms with Crippen LogP contribution in [0.4, 0.5) is 4.39 Å². The quantitative estimate of drug-likeness (QED) is 0.515. The fraction of sp³-hybridized carbons (Fsp3) is 0.500. The highest BCUT2D eigenvalue weighted by Gasteiger charge is 2.35. The minimum atomic E-state index is -0.110. The van der Waals surface area contributed by atoms with Crippen molar-refractivity contribution in [3.8, 4) is 11.1 Å². The SMILES string of the molecule is CCC1CC[C@@H]2C[C@H](c3ccc(-c4ccc(Cl)cc4)c(F)c3)CC[C@@H]2C1. The zero-order valence-corrected chi connectivity index (χ0v) is 16.3. The van der Waals surface area contributed by atoms with Gasteiger partial charge in [-0.15, -0.1) is 0 Å². The number of rotatable bonds is 3. The molecule has 0 N–H and O–H groups in total. The molecule has 0 nitrogen and oxygen atoms in total. The lowest BCUT2D eigenvalue weighted by Crippen LogP contribution is -2.30. The molecule has 138 valence electrons. The molecule has 2 aromatic rings. The Morgan fingerprint density at radius 3 is 2.38 bits per heavy atom. The predicted molar refractivity (Wildman–Crippen MR) is 108 cm³/mol. The van der Waals surface area contributed by atoms with Crippen molar-refractivity contribution in [1.29, 1.82) is 0 Å². The van der Waals surface area contributed by atoms with E-state index in [4.69, 9.17) is 11.6 Å². The second-order valence-electron chi connectivity index (χ2n) is 8.36. The van der Waals surface area contributed by atoms with E-state index in [-0.39, 0.29) is 5.82 Å². The van der Waals surface area contributed by atoms with Crippen molar-refractivity contribution in [1.82, 2.24) is 0 Å². The molecule has 2 saturated carbocycles. The van der Waals surface area contributed by atoms with Gasteiger partial charge in [-0.2, -0.15) is 0 Å². The molecule has 2 aliphatic carbocycles. The molecule has 0 saturated heterocycles. The summed E-state index contributed by atoms with van der Waals surface area (Å²) in [5.41, 5.74) is 2.75. The lowest BCUT2D eigenvalue weighted by atomic mass is 9.63. The highest BCUT2D eigenvalue weighted by Crippen LogP contribution is 2.48. The zero-order valence-electron chi connectivity index (χ0n) is 15.6. The molecular weight excluding hydrogens is 343 g/mol. The van der Waals surface area contributed by atoms with Gasteiger partial charge in [0.15, 0.2) is 0 Å². The van der Waals surface area contributed by atoms with Crippen LogP contribution in [0.2, 0.25) is 5.02 Å². The van der Waals surface area contributed by atoms with E-state index in [1.165, 1.54) is 50.5 Å². The van der Waals surface area contributed by atoms with Crippen LogP contribution in [0, 0.1) is 23.6 Å². The summed E-state index contributed by atoms with van der Waals surface area (Å²) >= 11 is 5.95. The molecule has 0 amide bonds. The Kier molecular flexibility index (Phi) is 5.36. The summed E-state index contributed by atoms with van der Waals surface area (Å²) in [5.74, 6) is 3.15. The molecule has 4 atom stereocenters. The Bertz CT molecular complexity index is 751. The second-order valence-corrected chi connectivity index (χ2v) is 8.80. The van der Waals surface area contributed by atoms with Gasteiger partial charge in [-0.3, -0.25) is 0 Å². The number of fused-ring (bicyclic) bond motifs is 1. The molecule has 0 heterocycles. The highest BCUT2D eigenvalue weighted by atomic mass is 35.5. The second kappa shape index (κ2) is 7.72. The van der Waals surface area contributed by atoms with E-state index in [1.807, 2.05) is 30.3 Å². The van der Waals surface area contributed by atoms with Gasteiger partial charge in [-0.25, -0.2) is 4.39 Å². The largest absolute Gasteiger partial charge is 0.206 e. The summed E-state index contributed by atoms with van der Waals surface area (Å²) < 4.78 is 14.8. The Balaban J connectivity index is 1.49. The maximum atomic E-state index is 14.8. The van der Waals surface area contributed by atoms with E-state index < -0.39 is 0 Å². The van der Waals surface area contributed by atoms with Crippen molar-refractivity contribution in [2.45, 2.75) is 57.8 Å². The van der Waals surface area contributed by atoms with Crippen molar-refractivity contribution in [3.63, 3.8) is 0 Å². The van der Waals surface area contributed by atoms with Gasteiger partial charge in [0, 0.05) is 10.6 Å². The van der Waals surface area contributed by atoms with Crippen LogP contribution in [0.5, 0.6) is 0 Å². The Hall–Kier alpha value is -1.34. The summed E-state index contributed by atoms with van der Waals surface area (Å²) in [6.07, 6.45) is 9.34. The molecule has 0 spiro atoms. The van der Waals surface area contributed by atoms with Crippen molar-refractivity contribution in [2.75, 3.05) is 0 Å². The summed E-state index contributed by atoms with van der Waals surface area (Å²) in [6.45, 7) is 2.33. The molecule has 2 fully saturated rings. The summed E-state index contributed by atoms with van der Waals surface area (Å²) in [7, 11) is 0. The third-order valence-corrected chi connectivity index (χ3v) is 7.17. The average Bonchev–Trinajstić information content (AvgIpc) is 2.68. The maximum Gasteiger partial charge on any atom is 0.131 e. The third-order valence-electron chi connectivity index (χ3n) is 6.92. The number of benzene rings is 2. The Morgan fingerprint density at radius 1 is 0.923 bits per heavy atom. The Labute approximate surface area is 161 Å². The van der Waals surface area contributed by atoms with Gasteiger partial charge in [-0.1, -0.05) is 55.6 Å². The molecule has 0 aromatic heterocycles. The van der Waals surface area contributed by atoms with Crippen molar-refractivity contribution in [2.24, 2.45) is 17.8 Å². The van der Waals surface area contributed by atoms with Crippen molar-refractivity contribution < 1.29 is 4.39 Å². The molecule has 0 bridgehead atoms. The molecule has 2 heteroatoms. The molecule has 0 radical (unpaired) electrons. The van der Waals surface area contributed by atoms with Crippen LogP contribution in [-0.4, -0.2) is 0 Å². The number of halogens is 2. The number of hydrogen-bond acceptors (Lipinski definition) is 0. The lowest BCUT2D eigenvalue weighted by molar-refractivity contribution is 0.116. The number of hydrogen-bond donors (Lipinski definition) is 0. The van der Waals surface area contributed by atoms with Gasteiger partial charge >= 0.3 is 0 Å². The maximum absolute atomic E-state index is 14.8.